The van der Waals surface area contributed by atoms with E-state index in [9.17, 15) is 5.26 Å². The standard InChI is InChI=1S/C55H37F3N4/c1-32-21-33(2)24-38(23-32)36-17-19-43-41-11-6-8-15-48(41)61(50(43)27-36)52-29-40(54-46(55(56,57)58)13-10-14-47(54)60-5)30-53(45(52)31-59)62-49-16-9-7-12-42(49)44-20-18-37(28-51(44)62)39-25-34(3)22-35(4)26-39/h6-30H,1-4H3. The number of aryl methyl sites for hydroxylation is 4. The molecule has 7 heteroatoms. The minimum absolute atomic E-state index is 0.139. The van der Waals surface area contributed by atoms with Gasteiger partial charge in [0.05, 0.1) is 45.6 Å². The van der Waals surface area contributed by atoms with Gasteiger partial charge in [-0.25, -0.2) is 4.85 Å². The molecule has 0 atom stereocenters. The van der Waals surface area contributed by atoms with Crippen LogP contribution in [0.3, 0.4) is 0 Å². The molecule has 0 aliphatic carbocycles. The molecule has 0 saturated heterocycles. The number of rotatable bonds is 5. The number of hydrogen-bond donors (Lipinski definition) is 0. The normalized spacial score (nSPS) is 11.8. The first-order chi connectivity index (χ1) is 29.9. The molecule has 0 radical (unpaired) electrons. The number of fused-ring (bicyclic) bond motifs is 6. The van der Waals surface area contributed by atoms with Crippen molar-refractivity contribution in [3.63, 3.8) is 0 Å². The summed E-state index contributed by atoms with van der Waals surface area (Å²) >= 11 is 0. The zero-order valence-corrected chi connectivity index (χ0v) is 34.4. The van der Waals surface area contributed by atoms with E-state index in [-0.39, 0.29) is 22.4 Å². The monoisotopic (exact) mass is 810 g/mol. The molecule has 2 heterocycles. The Bertz CT molecular complexity index is 3360. The predicted molar refractivity (Wildman–Crippen MR) is 246 cm³/mol. The molecule has 0 aliphatic heterocycles. The Balaban J connectivity index is 1.38. The van der Waals surface area contributed by atoms with Gasteiger partial charge in [0.1, 0.15) is 11.6 Å². The lowest BCUT2D eigenvalue weighted by Crippen LogP contribution is -2.09. The van der Waals surface area contributed by atoms with Crippen molar-refractivity contribution in [1.82, 2.24) is 9.13 Å². The van der Waals surface area contributed by atoms with Gasteiger partial charge in [-0.15, -0.1) is 0 Å². The highest BCUT2D eigenvalue weighted by Gasteiger charge is 2.35. The largest absolute Gasteiger partial charge is 0.415 e. The van der Waals surface area contributed by atoms with Gasteiger partial charge in [0.15, 0.2) is 5.69 Å². The zero-order chi connectivity index (χ0) is 43.0. The van der Waals surface area contributed by atoms with E-state index in [1.807, 2.05) is 57.7 Å². The van der Waals surface area contributed by atoms with Crippen LogP contribution < -0.4 is 0 Å². The molecular weight excluding hydrogens is 774 g/mol. The second kappa shape index (κ2) is 14.4. The Morgan fingerprint density at radius 1 is 0.484 bits per heavy atom. The summed E-state index contributed by atoms with van der Waals surface area (Å²) in [7, 11) is 0. The molecule has 0 N–H and O–H groups in total. The van der Waals surface area contributed by atoms with Crippen LogP contribution >= 0.6 is 0 Å². The topological polar surface area (TPSA) is 38.0 Å². The van der Waals surface area contributed by atoms with Gasteiger partial charge >= 0.3 is 6.18 Å². The van der Waals surface area contributed by atoms with Crippen LogP contribution in [-0.2, 0) is 6.18 Å². The van der Waals surface area contributed by atoms with Crippen LogP contribution in [0.1, 0.15) is 33.4 Å². The first-order valence-corrected chi connectivity index (χ1v) is 20.3. The van der Waals surface area contributed by atoms with Crippen LogP contribution in [0.4, 0.5) is 18.9 Å². The van der Waals surface area contributed by atoms with Crippen LogP contribution in [0.5, 0.6) is 0 Å². The minimum Gasteiger partial charge on any atom is -0.308 e. The molecule has 0 aliphatic rings. The lowest BCUT2D eigenvalue weighted by atomic mass is 9.94. The molecule has 0 fully saturated rings. The molecule has 2 aromatic heterocycles. The predicted octanol–water partition coefficient (Wildman–Crippen LogP) is 15.6. The van der Waals surface area contributed by atoms with E-state index in [1.54, 1.807) is 12.1 Å². The number of halogens is 3. The number of hydrogen-bond acceptors (Lipinski definition) is 1. The average Bonchev–Trinajstić information content (AvgIpc) is 3.76. The van der Waals surface area contributed by atoms with Crippen molar-refractivity contribution >= 4 is 49.3 Å². The fourth-order valence-electron chi connectivity index (χ4n) is 9.50. The molecule has 0 spiro atoms. The molecule has 10 rings (SSSR count). The summed E-state index contributed by atoms with van der Waals surface area (Å²) < 4.78 is 49.4. The Hall–Kier alpha value is -7.87. The number of alkyl halides is 3. The van der Waals surface area contributed by atoms with Crippen molar-refractivity contribution in [3.8, 4) is 50.8 Å². The van der Waals surface area contributed by atoms with E-state index in [2.05, 4.69) is 111 Å². The molecule has 10 aromatic rings. The maximum atomic E-state index is 15.1. The molecule has 0 unspecified atom stereocenters. The summed E-state index contributed by atoms with van der Waals surface area (Å²) in [5.41, 5.74) is 11.5. The van der Waals surface area contributed by atoms with Crippen molar-refractivity contribution in [2.24, 2.45) is 0 Å². The molecule has 0 amide bonds. The second-order valence-electron chi connectivity index (χ2n) is 16.2. The van der Waals surface area contributed by atoms with Crippen molar-refractivity contribution in [1.29, 1.82) is 5.26 Å². The summed E-state index contributed by atoms with van der Waals surface area (Å²) in [5, 5.41) is 15.2. The van der Waals surface area contributed by atoms with Crippen molar-refractivity contribution in [2.75, 3.05) is 0 Å². The highest BCUT2D eigenvalue weighted by Crippen LogP contribution is 2.47. The maximum Gasteiger partial charge on any atom is 0.415 e. The first kappa shape index (κ1) is 38.3. The summed E-state index contributed by atoms with van der Waals surface area (Å²) in [4.78, 5) is 3.64. The SMILES string of the molecule is [C-]#[N+]c1cccc(C(F)(F)F)c1-c1cc(-n2c3ccccc3c3ccc(-c4cc(C)cc(C)c4)cc32)c(C#N)c(-n2c3ccccc3c3ccc(-c4cc(C)cc(C)c4)cc32)c1. The van der Waals surface area contributed by atoms with E-state index in [0.29, 0.717) is 11.4 Å². The summed E-state index contributed by atoms with van der Waals surface area (Å²) in [6, 6.07) is 50.7. The fourth-order valence-corrected chi connectivity index (χ4v) is 9.50. The Morgan fingerprint density at radius 3 is 1.37 bits per heavy atom. The lowest BCUT2D eigenvalue weighted by Gasteiger charge is -2.21. The molecular formula is C55H37F3N4. The number of nitriles is 1. The van der Waals surface area contributed by atoms with Crippen molar-refractivity contribution in [2.45, 2.75) is 33.9 Å². The van der Waals surface area contributed by atoms with Crippen LogP contribution in [0.25, 0.3) is 93.2 Å². The number of para-hydroxylation sites is 2. The lowest BCUT2D eigenvalue weighted by molar-refractivity contribution is -0.137. The quantitative estimate of drug-likeness (QED) is 0.160. The van der Waals surface area contributed by atoms with Gasteiger partial charge < -0.3 is 9.13 Å². The highest BCUT2D eigenvalue weighted by atomic mass is 19.4. The van der Waals surface area contributed by atoms with E-state index in [0.717, 1.165) is 94.2 Å². The molecule has 8 aromatic carbocycles. The van der Waals surface area contributed by atoms with Gasteiger partial charge in [0, 0.05) is 21.5 Å². The zero-order valence-electron chi connectivity index (χ0n) is 34.4. The number of aromatic nitrogens is 2. The third-order valence-corrected chi connectivity index (χ3v) is 11.9. The smallest absolute Gasteiger partial charge is 0.308 e. The van der Waals surface area contributed by atoms with Crippen molar-refractivity contribution in [3.05, 3.63) is 196 Å². The van der Waals surface area contributed by atoms with E-state index in [1.165, 1.54) is 12.1 Å². The first-order valence-electron chi connectivity index (χ1n) is 20.3. The van der Waals surface area contributed by atoms with Gasteiger partial charge in [0.2, 0.25) is 0 Å². The third kappa shape index (κ3) is 6.21. The molecule has 62 heavy (non-hydrogen) atoms. The number of nitrogens with zero attached hydrogens (tertiary/aromatic N) is 4. The number of benzene rings is 8. The molecule has 4 nitrogen and oxygen atoms in total. The summed E-state index contributed by atoms with van der Waals surface area (Å²) in [6.45, 7) is 16.4. The molecule has 298 valence electrons. The van der Waals surface area contributed by atoms with Crippen LogP contribution in [0.15, 0.2) is 152 Å². The van der Waals surface area contributed by atoms with Gasteiger partial charge in [-0.3, -0.25) is 0 Å². The van der Waals surface area contributed by atoms with Crippen LogP contribution in [0.2, 0.25) is 0 Å². The Labute approximate surface area is 356 Å². The highest BCUT2D eigenvalue weighted by molar-refractivity contribution is 6.12. The van der Waals surface area contributed by atoms with Crippen LogP contribution in [0, 0.1) is 45.6 Å². The summed E-state index contributed by atoms with van der Waals surface area (Å²) in [5.74, 6) is 0. The van der Waals surface area contributed by atoms with Crippen molar-refractivity contribution < 1.29 is 13.2 Å². The van der Waals surface area contributed by atoms with Crippen LogP contribution in [-0.4, -0.2) is 9.13 Å². The second-order valence-corrected chi connectivity index (χ2v) is 16.2. The minimum atomic E-state index is -4.77. The van der Waals surface area contributed by atoms with E-state index >= 15 is 13.2 Å². The fraction of sp³-hybridized carbons (Fsp3) is 0.0909. The summed E-state index contributed by atoms with van der Waals surface area (Å²) in [6.07, 6.45) is -4.77. The maximum absolute atomic E-state index is 15.1. The van der Waals surface area contributed by atoms with Gasteiger partial charge in [-0.2, -0.15) is 18.4 Å². The molecule has 0 saturated carbocycles. The van der Waals surface area contributed by atoms with E-state index < -0.39 is 11.7 Å². The molecule has 0 bridgehead atoms. The van der Waals surface area contributed by atoms with Gasteiger partial charge in [-0.1, -0.05) is 138 Å². The van der Waals surface area contributed by atoms with Gasteiger partial charge in [-0.05, 0) is 97.5 Å². The van der Waals surface area contributed by atoms with Gasteiger partial charge in [0.25, 0.3) is 0 Å². The average molecular weight is 811 g/mol. The Morgan fingerprint density at radius 2 is 0.935 bits per heavy atom. The Kier molecular flexibility index (Phi) is 8.91. The third-order valence-electron chi connectivity index (χ3n) is 11.9. The van der Waals surface area contributed by atoms with E-state index in [4.69, 9.17) is 6.57 Å².